The predicted molar refractivity (Wildman–Crippen MR) is 74.4 cm³/mol. The van der Waals surface area contributed by atoms with Crippen LogP contribution >= 0.6 is 0 Å². The van der Waals surface area contributed by atoms with Crippen LogP contribution in [0.4, 0.5) is 0 Å². The van der Waals surface area contributed by atoms with Crippen LogP contribution in [-0.2, 0) is 14.4 Å². The van der Waals surface area contributed by atoms with Crippen LogP contribution in [0.2, 0.25) is 0 Å². The molecule has 6 nitrogen and oxygen atoms in total. The highest BCUT2D eigenvalue weighted by atomic mass is 16.4. The Hall–Kier alpha value is -1.59. The van der Waals surface area contributed by atoms with E-state index in [9.17, 15) is 19.5 Å². The lowest BCUT2D eigenvalue weighted by atomic mass is 9.64. The normalized spacial score (nSPS) is 34.1. The van der Waals surface area contributed by atoms with E-state index in [0.717, 1.165) is 32.1 Å². The minimum Gasteiger partial charge on any atom is -0.480 e. The van der Waals surface area contributed by atoms with Crippen LogP contribution in [0, 0.1) is 10.8 Å². The Bertz CT molecular complexity index is 476. The van der Waals surface area contributed by atoms with E-state index in [1.54, 1.807) is 0 Å². The van der Waals surface area contributed by atoms with Crippen molar-refractivity contribution in [2.45, 2.75) is 57.4 Å². The summed E-state index contributed by atoms with van der Waals surface area (Å²) in [5.74, 6) is -1.24. The molecule has 0 aromatic carbocycles. The van der Waals surface area contributed by atoms with E-state index >= 15 is 0 Å². The van der Waals surface area contributed by atoms with Crippen molar-refractivity contribution in [1.29, 1.82) is 0 Å². The van der Waals surface area contributed by atoms with Crippen molar-refractivity contribution in [2.75, 3.05) is 6.54 Å². The third-order valence-electron chi connectivity index (χ3n) is 5.44. The van der Waals surface area contributed by atoms with Crippen molar-refractivity contribution in [1.82, 2.24) is 10.6 Å². The summed E-state index contributed by atoms with van der Waals surface area (Å²) in [7, 11) is 0. The van der Waals surface area contributed by atoms with E-state index in [4.69, 9.17) is 0 Å². The van der Waals surface area contributed by atoms with Gasteiger partial charge in [-0.05, 0) is 25.7 Å². The van der Waals surface area contributed by atoms with E-state index < -0.39 is 11.4 Å². The standard InChI is InChI=1S/C15H22N2O4/c18-11-8-14(9-16-11)6-10(7-14)17-12(19)15(13(20)21)4-2-1-3-5-15/h10H,1-9H2,(H,16,18)(H,17,19)(H,20,21). The minimum absolute atomic E-state index is 0.00200. The highest BCUT2D eigenvalue weighted by Crippen LogP contribution is 2.46. The second-order valence-corrected chi connectivity index (χ2v) is 6.98. The van der Waals surface area contributed by atoms with Gasteiger partial charge in [0.25, 0.3) is 0 Å². The lowest BCUT2D eigenvalue weighted by Gasteiger charge is -2.45. The Kier molecular flexibility index (Phi) is 3.42. The van der Waals surface area contributed by atoms with Gasteiger partial charge in [-0.2, -0.15) is 0 Å². The molecular weight excluding hydrogens is 272 g/mol. The van der Waals surface area contributed by atoms with Gasteiger partial charge in [-0.1, -0.05) is 19.3 Å². The van der Waals surface area contributed by atoms with Gasteiger partial charge >= 0.3 is 5.97 Å². The number of aliphatic carboxylic acids is 1. The smallest absolute Gasteiger partial charge is 0.319 e. The van der Waals surface area contributed by atoms with Crippen LogP contribution in [-0.4, -0.2) is 35.5 Å². The summed E-state index contributed by atoms with van der Waals surface area (Å²) in [6, 6.07) is 0.0170. The number of carboxylic acids is 1. The zero-order chi connectivity index (χ0) is 15.1. The van der Waals surface area contributed by atoms with Gasteiger partial charge < -0.3 is 15.7 Å². The Labute approximate surface area is 123 Å². The van der Waals surface area contributed by atoms with Crippen LogP contribution in [0.1, 0.15) is 51.4 Å². The molecule has 1 aliphatic heterocycles. The number of hydrogen-bond acceptors (Lipinski definition) is 3. The first-order valence-corrected chi connectivity index (χ1v) is 7.77. The third kappa shape index (κ3) is 2.40. The SMILES string of the molecule is O=C1CC2(CN1)CC(NC(=O)C1(C(=O)O)CCCCC1)C2. The highest BCUT2D eigenvalue weighted by molar-refractivity contribution is 6.02. The second-order valence-electron chi connectivity index (χ2n) is 6.98. The van der Waals surface area contributed by atoms with Crippen molar-refractivity contribution in [2.24, 2.45) is 10.8 Å². The third-order valence-corrected chi connectivity index (χ3v) is 5.44. The molecule has 3 N–H and O–H groups in total. The maximum atomic E-state index is 12.5. The molecule has 1 spiro atoms. The van der Waals surface area contributed by atoms with Crippen molar-refractivity contribution >= 4 is 17.8 Å². The summed E-state index contributed by atoms with van der Waals surface area (Å²) in [6.45, 7) is 0.683. The van der Waals surface area contributed by atoms with Crippen LogP contribution in [0.15, 0.2) is 0 Å². The fraction of sp³-hybridized carbons (Fsp3) is 0.800. The monoisotopic (exact) mass is 294 g/mol. The Morgan fingerprint density at radius 2 is 1.86 bits per heavy atom. The largest absolute Gasteiger partial charge is 0.480 e. The van der Waals surface area contributed by atoms with E-state index in [2.05, 4.69) is 10.6 Å². The van der Waals surface area contributed by atoms with Crippen LogP contribution < -0.4 is 10.6 Å². The molecule has 0 atom stereocenters. The Morgan fingerprint density at radius 1 is 1.19 bits per heavy atom. The molecule has 2 saturated carbocycles. The average Bonchev–Trinajstić information content (AvgIpc) is 2.81. The fourth-order valence-electron chi connectivity index (χ4n) is 4.14. The number of rotatable bonds is 3. The van der Waals surface area contributed by atoms with Crippen LogP contribution in [0.3, 0.4) is 0 Å². The molecule has 0 unspecified atom stereocenters. The minimum atomic E-state index is -1.23. The first-order valence-electron chi connectivity index (χ1n) is 7.77. The van der Waals surface area contributed by atoms with Gasteiger partial charge in [-0.15, -0.1) is 0 Å². The molecule has 116 valence electrons. The number of carboxylic acid groups (broad SMARTS) is 1. The summed E-state index contributed by atoms with van der Waals surface area (Å²) in [6.07, 6.45) is 5.55. The zero-order valence-electron chi connectivity index (χ0n) is 12.1. The van der Waals surface area contributed by atoms with Gasteiger partial charge in [-0.25, -0.2) is 0 Å². The maximum absolute atomic E-state index is 12.5. The van der Waals surface area contributed by atoms with Gasteiger partial charge in [0.1, 0.15) is 5.41 Å². The van der Waals surface area contributed by atoms with Crippen molar-refractivity contribution in [3.05, 3.63) is 0 Å². The van der Waals surface area contributed by atoms with Gasteiger partial charge in [-0.3, -0.25) is 14.4 Å². The molecule has 3 rings (SSSR count). The number of carbonyl (C=O) groups is 3. The van der Waals surface area contributed by atoms with E-state index in [1.807, 2.05) is 0 Å². The van der Waals surface area contributed by atoms with Gasteiger partial charge in [0.15, 0.2) is 0 Å². The molecule has 0 aromatic rings. The first kappa shape index (κ1) is 14.4. The lowest BCUT2D eigenvalue weighted by Crippen LogP contribution is -2.57. The molecule has 0 radical (unpaired) electrons. The molecule has 6 heteroatoms. The van der Waals surface area contributed by atoms with E-state index in [-0.39, 0.29) is 23.3 Å². The number of nitrogens with one attached hydrogen (secondary N) is 2. The lowest BCUT2D eigenvalue weighted by molar-refractivity contribution is -0.159. The van der Waals surface area contributed by atoms with Crippen LogP contribution in [0.5, 0.6) is 0 Å². The van der Waals surface area contributed by atoms with Crippen molar-refractivity contribution < 1.29 is 19.5 Å². The zero-order valence-corrected chi connectivity index (χ0v) is 12.1. The first-order chi connectivity index (χ1) is 9.96. The second kappa shape index (κ2) is 5.00. The molecule has 3 fully saturated rings. The van der Waals surface area contributed by atoms with Gasteiger partial charge in [0.05, 0.1) is 0 Å². The van der Waals surface area contributed by atoms with Crippen LogP contribution in [0.25, 0.3) is 0 Å². The van der Waals surface area contributed by atoms with Gasteiger partial charge in [0.2, 0.25) is 11.8 Å². The summed E-state index contributed by atoms with van der Waals surface area (Å²) >= 11 is 0. The topological polar surface area (TPSA) is 95.5 Å². The predicted octanol–water partition coefficient (Wildman–Crippen LogP) is 0.806. The fourth-order valence-corrected chi connectivity index (χ4v) is 4.14. The molecule has 21 heavy (non-hydrogen) atoms. The Balaban J connectivity index is 1.59. The molecule has 0 bridgehead atoms. The molecular formula is C15H22N2O4. The van der Waals surface area contributed by atoms with E-state index in [0.29, 0.717) is 25.8 Å². The number of carbonyl (C=O) groups excluding carboxylic acids is 2. The number of amides is 2. The van der Waals surface area contributed by atoms with Crippen molar-refractivity contribution in [3.8, 4) is 0 Å². The molecule has 1 saturated heterocycles. The van der Waals surface area contributed by atoms with Gasteiger partial charge in [0, 0.05) is 24.4 Å². The molecule has 1 heterocycles. The molecule has 3 aliphatic rings. The Morgan fingerprint density at radius 3 is 2.38 bits per heavy atom. The molecule has 0 aromatic heterocycles. The summed E-state index contributed by atoms with van der Waals surface area (Å²) in [5.41, 5.74) is -1.23. The summed E-state index contributed by atoms with van der Waals surface area (Å²) in [4.78, 5) is 35.3. The van der Waals surface area contributed by atoms with Crippen molar-refractivity contribution in [3.63, 3.8) is 0 Å². The van der Waals surface area contributed by atoms with E-state index in [1.165, 1.54) is 0 Å². The average molecular weight is 294 g/mol. The molecule has 2 amide bonds. The summed E-state index contributed by atoms with van der Waals surface area (Å²) < 4.78 is 0. The quantitative estimate of drug-likeness (QED) is 0.671. The number of hydrogen-bond donors (Lipinski definition) is 3. The molecule has 2 aliphatic carbocycles. The maximum Gasteiger partial charge on any atom is 0.319 e. The summed E-state index contributed by atoms with van der Waals surface area (Å²) in [5, 5.41) is 15.2. The highest BCUT2D eigenvalue weighted by Gasteiger charge is 2.52.